The summed E-state index contributed by atoms with van der Waals surface area (Å²) in [6.07, 6.45) is -2.37. The number of carbonyl (C=O) groups is 2. The fourth-order valence-electron chi connectivity index (χ4n) is 3.39. The van der Waals surface area contributed by atoms with Gasteiger partial charge in [-0.15, -0.1) is 0 Å². The lowest BCUT2D eigenvalue weighted by atomic mass is 10.1. The van der Waals surface area contributed by atoms with Crippen molar-refractivity contribution in [3.8, 4) is 17.4 Å². The second-order valence-corrected chi connectivity index (χ2v) is 7.89. The van der Waals surface area contributed by atoms with Gasteiger partial charge in [-0.2, -0.15) is 13.2 Å². The molecule has 2 N–H and O–H groups in total. The number of nitrogens with one attached hydrogen (secondary N) is 1. The van der Waals surface area contributed by atoms with E-state index in [1.807, 2.05) is 13.8 Å². The second kappa shape index (κ2) is 11.6. The smallest absolute Gasteiger partial charge is 0.420 e. The second-order valence-electron chi connectivity index (χ2n) is 7.89. The first-order valence-electron chi connectivity index (χ1n) is 11.2. The van der Waals surface area contributed by atoms with E-state index >= 15 is 0 Å². The third-order valence-corrected chi connectivity index (χ3v) is 5.28. The fraction of sp³-hybridized carbons (Fsp3) is 0.269. The Kier molecular flexibility index (Phi) is 8.52. The number of carboxylic acids is 1. The highest BCUT2D eigenvalue weighted by Gasteiger charge is 2.35. The zero-order valence-corrected chi connectivity index (χ0v) is 19.6. The number of amides is 1. The number of alkyl halides is 3. The Labute approximate surface area is 205 Å². The maximum atomic E-state index is 13.7. The van der Waals surface area contributed by atoms with E-state index in [4.69, 9.17) is 9.47 Å². The summed E-state index contributed by atoms with van der Waals surface area (Å²) in [6.45, 7) is 3.79. The quantitative estimate of drug-likeness (QED) is 0.336. The molecular weight excluding hydrogens is 477 g/mol. The standard InChI is InChI=1S/C26H25F3N2O5/c1-3-17(4-2)35-18-10-11-22(20(14-18)26(27,28)29)36-24-12-9-16(15-30-24)13-23(32)31-21-8-6-5-7-19(21)25(33)34/h5-12,14-15,17H,3-4,13H2,1-2H3,(H,31,32)(H,33,34). The lowest BCUT2D eigenvalue weighted by molar-refractivity contribution is -0.138. The first kappa shape index (κ1) is 26.5. The van der Waals surface area contributed by atoms with Gasteiger partial charge in [0, 0.05) is 12.3 Å². The topological polar surface area (TPSA) is 97.8 Å². The number of ether oxygens (including phenoxy) is 2. The molecule has 0 aliphatic carbocycles. The van der Waals surface area contributed by atoms with E-state index in [1.165, 1.54) is 42.6 Å². The Morgan fingerprint density at radius 3 is 2.39 bits per heavy atom. The minimum absolute atomic E-state index is 0.0514. The number of benzene rings is 2. The van der Waals surface area contributed by atoms with Crippen LogP contribution in [0.1, 0.15) is 48.2 Å². The van der Waals surface area contributed by atoms with Gasteiger partial charge in [-0.25, -0.2) is 9.78 Å². The SMILES string of the molecule is CCC(CC)Oc1ccc(Oc2ccc(CC(=O)Nc3ccccc3C(=O)O)cn2)c(C(F)(F)F)c1. The van der Waals surface area contributed by atoms with Gasteiger partial charge in [0.15, 0.2) is 0 Å². The van der Waals surface area contributed by atoms with Crippen LogP contribution >= 0.6 is 0 Å². The number of nitrogens with zero attached hydrogens (tertiary/aromatic N) is 1. The largest absolute Gasteiger partial charge is 0.490 e. The maximum Gasteiger partial charge on any atom is 0.420 e. The molecule has 0 unspecified atom stereocenters. The van der Waals surface area contributed by atoms with Crippen molar-refractivity contribution in [3.05, 3.63) is 77.5 Å². The average molecular weight is 502 g/mol. The summed E-state index contributed by atoms with van der Waals surface area (Å²) in [5.74, 6) is -2.08. The average Bonchev–Trinajstić information content (AvgIpc) is 2.84. The predicted molar refractivity (Wildman–Crippen MR) is 126 cm³/mol. The van der Waals surface area contributed by atoms with Gasteiger partial charge in [0.2, 0.25) is 11.8 Å². The molecule has 3 rings (SSSR count). The van der Waals surface area contributed by atoms with Crippen LogP contribution in [0.15, 0.2) is 60.8 Å². The van der Waals surface area contributed by atoms with E-state index < -0.39 is 29.4 Å². The van der Waals surface area contributed by atoms with Crippen molar-refractivity contribution in [2.24, 2.45) is 0 Å². The molecule has 0 saturated carbocycles. The van der Waals surface area contributed by atoms with Crippen LogP contribution in [0.2, 0.25) is 0 Å². The van der Waals surface area contributed by atoms with Gasteiger partial charge in [0.25, 0.3) is 0 Å². The monoisotopic (exact) mass is 502 g/mol. The minimum atomic E-state index is -4.67. The molecule has 7 nitrogen and oxygen atoms in total. The van der Waals surface area contributed by atoms with Crippen molar-refractivity contribution in [3.63, 3.8) is 0 Å². The number of carboxylic acid groups (broad SMARTS) is 1. The van der Waals surface area contributed by atoms with Gasteiger partial charge in [0.05, 0.1) is 23.8 Å². The molecule has 0 aliphatic heterocycles. The maximum absolute atomic E-state index is 13.7. The number of carbonyl (C=O) groups excluding carboxylic acids is 1. The molecule has 0 aliphatic rings. The van der Waals surface area contributed by atoms with Crippen molar-refractivity contribution in [1.29, 1.82) is 0 Å². The number of aromatic nitrogens is 1. The van der Waals surface area contributed by atoms with Crippen LogP contribution in [0.5, 0.6) is 17.4 Å². The molecule has 1 heterocycles. The molecule has 36 heavy (non-hydrogen) atoms. The summed E-state index contributed by atoms with van der Waals surface area (Å²) in [5.41, 5.74) is -0.435. The normalized spacial score (nSPS) is 11.3. The van der Waals surface area contributed by atoms with Gasteiger partial charge in [-0.05, 0) is 48.7 Å². The van der Waals surface area contributed by atoms with Crippen LogP contribution in [0, 0.1) is 0 Å². The first-order chi connectivity index (χ1) is 17.1. The lowest BCUT2D eigenvalue weighted by Gasteiger charge is -2.18. The summed E-state index contributed by atoms with van der Waals surface area (Å²) in [4.78, 5) is 27.6. The number of aromatic carboxylic acids is 1. The van der Waals surface area contributed by atoms with Crippen molar-refractivity contribution in [1.82, 2.24) is 4.98 Å². The number of anilines is 1. The van der Waals surface area contributed by atoms with E-state index in [0.29, 0.717) is 18.4 Å². The molecule has 0 bridgehead atoms. The van der Waals surface area contributed by atoms with Crippen LogP contribution < -0.4 is 14.8 Å². The number of halogens is 3. The third kappa shape index (κ3) is 6.97. The Hall–Kier alpha value is -4.08. The van der Waals surface area contributed by atoms with Crippen LogP contribution in [0.4, 0.5) is 18.9 Å². The van der Waals surface area contributed by atoms with Gasteiger partial charge in [-0.3, -0.25) is 4.79 Å². The molecule has 3 aromatic rings. The molecule has 1 aromatic heterocycles. The van der Waals surface area contributed by atoms with Crippen molar-refractivity contribution in [2.45, 2.75) is 45.4 Å². The summed E-state index contributed by atoms with van der Waals surface area (Å²) < 4.78 is 52.0. The highest BCUT2D eigenvalue weighted by molar-refractivity contribution is 6.00. The molecule has 0 radical (unpaired) electrons. The van der Waals surface area contributed by atoms with E-state index in [1.54, 1.807) is 12.1 Å². The molecule has 10 heteroatoms. The molecule has 0 spiro atoms. The minimum Gasteiger partial charge on any atom is -0.490 e. The Morgan fingerprint density at radius 2 is 1.78 bits per heavy atom. The van der Waals surface area contributed by atoms with Gasteiger partial charge in [-0.1, -0.05) is 32.0 Å². The Bertz CT molecular complexity index is 1210. The van der Waals surface area contributed by atoms with Crippen LogP contribution in [0.25, 0.3) is 0 Å². The number of para-hydroxylation sites is 1. The molecule has 0 saturated heterocycles. The molecule has 190 valence electrons. The summed E-state index contributed by atoms with van der Waals surface area (Å²) in [7, 11) is 0. The number of pyridine rings is 1. The zero-order chi connectivity index (χ0) is 26.3. The molecule has 0 atom stereocenters. The van der Waals surface area contributed by atoms with Crippen LogP contribution in [-0.4, -0.2) is 28.1 Å². The van der Waals surface area contributed by atoms with E-state index in [9.17, 15) is 27.9 Å². The lowest BCUT2D eigenvalue weighted by Crippen LogP contribution is -2.16. The van der Waals surface area contributed by atoms with Gasteiger partial charge in [0.1, 0.15) is 17.1 Å². The van der Waals surface area contributed by atoms with Crippen LogP contribution in [0.3, 0.4) is 0 Å². The number of hydrogen-bond acceptors (Lipinski definition) is 5. The zero-order valence-electron chi connectivity index (χ0n) is 19.6. The summed E-state index contributed by atoms with van der Waals surface area (Å²) in [6, 6.07) is 12.3. The molecule has 2 aromatic carbocycles. The van der Waals surface area contributed by atoms with Crippen molar-refractivity contribution in [2.75, 3.05) is 5.32 Å². The number of rotatable bonds is 10. The van der Waals surface area contributed by atoms with Crippen molar-refractivity contribution < 1.29 is 37.3 Å². The fourth-order valence-corrected chi connectivity index (χ4v) is 3.39. The van der Waals surface area contributed by atoms with Gasteiger partial charge >= 0.3 is 12.1 Å². The summed E-state index contributed by atoms with van der Waals surface area (Å²) >= 11 is 0. The van der Waals surface area contributed by atoms with Gasteiger partial charge < -0.3 is 19.9 Å². The Morgan fingerprint density at radius 1 is 1.06 bits per heavy atom. The van der Waals surface area contributed by atoms with E-state index in [-0.39, 0.29) is 35.4 Å². The number of hydrogen-bond donors (Lipinski definition) is 2. The predicted octanol–water partition coefficient (Wildman–Crippen LogP) is 6.34. The highest BCUT2D eigenvalue weighted by atomic mass is 19.4. The molecular formula is C26H25F3N2O5. The third-order valence-electron chi connectivity index (χ3n) is 5.28. The first-order valence-corrected chi connectivity index (χ1v) is 11.2. The van der Waals surface area contributed by atoms with Crippen molar-refractivity contribution >= 4 is 17.6 Å². The highest BCUT2D eigenvalue weighted by Crippen LogP contribution is 2.40. The molecule has 0 fully saturated rings. The molecule has 1 amide bonds. The van der Waals surface area contributed by atoms with E-state index in [0.717, 1.165) is 6.07 Å². The Balaban J connectivity index is 1.71. The van der Waals surface area contributed by atoms with E-state index in [2.05, 4.69) is 10.3 Å². The summed E-state index contributed by atoms with van der Waals surface area (Å²) in [5, 5.41) is 11.7. The van der Waals surface area contributed by atoms with Crippen LogP contribution in [-0.2, 0) is 17.4 Å².